The fourth-order valence-electron chi connectivity index (χ4n) is 3.55. The van der Waals surface area contributed by atoms with Gasteiger partial charge in [0, 0.05) is 9.89 Å². The Bertz CT molecular complexity index is 454. The Morgan fingerprint density at radius 3 is 3.06 bits per heavy atom. The molecule has 2 unspecified atom stereocenters. The van der Waals surface area contributed by atoms with E-state index in [0.29, 0.717) is 5.41 Å². The third-order valence-corrected chi connectivity index (χ3v) is 5.12. The fraction of sp³-hybridized carbons (Fsp3) is 0.625. The highest BCUT2D eigenvalue weighted by atomic mass is 79.9. The highest BCUT2D eigenvalue weighted by Crippen LogP contribution is 2.61. The van der Waals surface area contributed by atoms with E-state index in [0.717, 1.165) is 18.4 Å². The second kappa shape index (κ2) is 4.64. The molecule has 3 rings (SSSR count). The predicted octanol–water partition coefficient (Wildman–Crippen LogP) is 3.90. The van der Waals surface area contributed by atoms with Crippen LogP contribution in [0.15, 0.2) is 22.7 Å². The molecule has 1 saturated carbocycles. The molecule has 18 heavy (non-hydrogen) atoms. The largest absolute Gasteiger partial charge is 0.316 e. The highest BCUT2D eigenvalue weighted by molar-refractivity contribution is 9.10. The first-order valence-corrected chi connectivity index (χ1v) is 7.91. The number of fused-ring (bicyclic) bond motifs is 2. The molecule has 0 aliphatic heterocycles. The summed E-state index contributed by atoms with van der Waals surface area (Å²) in [6.45, 7) is 6.90. The Labute approximate surface area is 118 Å². The van der Waals surface area contributed by atoms with Crippen LogP contribution in [0.1, 0.15) is 37.8 Å². The van der Waals surface area contributed by atoms with Crippen LogP contribution in [0.2, 0.25) is 0 Å². The topological polar surface area (TPSA) is 12.0 Å². The van der Waals surface area contributed by atoms with Crippen LogP contribution < -0.4 is 5.32 Å². The monoisotopic (exact) mass is 307 g/mol. The van der Waals surface area contributed by atoms with Crippen molar-refractivity contribution >= 4 is 15.9 Å². The summed E-state index contributed by atoms with van der Waals surface area (Å²) < 4.78 is 1.24. The molecule has 0 heterocycles. The minimum absolute atomic E-state index is 0.531. The van der Waals surface area contributed by atoms with Gasteiger partial charge in [-0.1, -0.05) is 35.8 Å². The van der Waals surface area contributed by atoms with E-state index in [-0.39, 0.29) is 0 Å². The molecule has 1 aromatic carbocycles. The van der Waals surface area contributed by atoms with Crippen molar-refractivity contribution < 1.29 is 0 Å². The molecule has 1 spiro atoms. The quantitative estimate of drug-likeness (QED) is 0.889. The lowest BCUT2D eigenvalue weighted by atomic mass is 9.95. The van der Waals surface area contributed by atoms with Gasteiger partial charge in [-0.2, -0.15) is 0 Å². The average molecular weight is 308 g/mol. The number of hydrogen-bond donors (Lipinski definition) is 1. The average Bonchev–Trinajstić information content (AvgIpc) is 2.89. The third-order valence-electron chi connectivity index (χ3n) is 4.62. The van der Waals surface area contributed by atoms with Crippen molar-refractivity contribution in [1.82, 2.24) is 5.32 Å². The Kier molecular flexibility index (Phi) is 3.27. The van der Waals surface area contributed by atoms with E-state index >= 15 is 0 Å². The van der Waals surface area contributed by atoms with Gasteiger partial charge in [0.25, 0.3) is 0 Å². The van der Waals surface area contributed by atoms with E-state index in [1.807, 2.05) is 0 Å². The van der Waals surface area contributed by atoms with Crippen LogP contribution in [0.25, 0.3) is 0 Å². The Morgan fingerprint density at radius 1 is 1.44 bits per heavy atom. The summed E-state index contributed by atoms with van der Waals surface area (Å²) in [7, 11) is 0. The molecule has 1 nitrogen and oxygen atoms in total. The fourth-order valence-corrected chi connectivity index (χ4v) is 3.91. The summed E-state index contributed by atoms with van der Waals surface area (Å²) >= 11 is 3.62. The van der Waals surface area contributed by atoms with Gasteiger partial charge in [-0.25, -0.2) is 0 Å². The lowest BCUT2D eigenvalue weighted by Gasteiger charge is -2.13. The number of nitrogens with one attached hydrogen (secondary N) is 1. The molecule has 1 fully saturated rings. The summed E-state index contributed by atoms with van der Waals surface area (Å²) in [5.74, 6) is 1.62. The molecule has 1 aromatic rings. The summed E-state index contributed by atoms with van der Waals surface area (Å²) in [6.07, 6.45) is 4.04. The first-order valence-electron chi connectivity index (χ1n) is 7.11. The van der Waals surface area contributed by atoms with Gasteiger partial charge >= 0.3 is 0 Å². The standard InChI is InChI=1S/C16H22BrN/c1-11(2)9-18-10-13-8-16(13)6-5-12-3-4-14(17)7-15(12)16/h3-4,7,11,13,18H,5-6,8-10H2,1-2H3. The summed E-state index contributed by atoms with van der Waals surface area (Å²) in [4.78, 5) is 0. The maximum atomic E-state index is 3.63. The van der Waals surface area contributed by atoms with E-state index < -0.39 is 0 Å². The van der Waals surface area contributed by atoms with Crippen molar-refractivity contribution in [1.29, 1.82) is 0 Å². The molecule has 0 radical (unpaired) electrons. The maximum absolute atomic E-state index is 3.63. The van der Waals surface area contributed by atoms with Crippen LogP contribution in [0.4, 0.5) is 0 Å². The van der Waals surface area contributed by atoms with Crippen molar-refractivity contribution in [2.45, 2.75) is 38.5 Å². The van der Waals surface area contributed by atoms with Crippen molar-refractivity contribution in [2.75, 3.05) is 13.1 Å². The molecular formula is C16H22BrN. The molecular weight excluding hydrogens is 286 g/mol. The molecule has 2 aliphatic rings. The Balaban J connectivity index is 1.68. The van der Waals surface area contributed by atoms with Gasteiger partial charge in [0.15, 0.2) is 0 Å². The minimum atomic E-state index is 0.531. The number of rotatable bonds is 4. The molecule has 2 atom stereocenters. The molecule has 1 N–H and O–H groups in total. The molecule has 0 saturated heterocycles. The van der Waals surface area contributed by atoms with Gasteiger partial charge in [0.1, 0.15) is 0 Å². The predicted molar refractivity (Wildman–Crippen MR) is 80.0 cm³/mol. The van der Waals surface area contributed by atoms with Crippen molar-refractivity contribution in [2.24, 2.45) is 11.8 Å². The van der Waals surface area contributed by atoms with E-state index in [1.165, 1.54) is 30.3 Å². The SMILES string of the molecule is CC(C)CNCC1CC12CCc1ccc(Br)cc12. The molecule has 2 aliphatic carbocycles. The Morgan fingerprint density at radius 2 is 2.28 bits per heavy atom. The van der Waals surface area contributed by atoms with E-state index in [1.54, 1.807) is 11.1 Å². The van der Waals surface area contributed by atoms with Crippen molar-refractivity contribution in [3.05, 3.63) is 33.8 Å². The lowest BCUT2D eigenvalue weighted by molar-refractivity contribution is 0.503. The van der Waals surface area contributed by atoms with Gasteiger partial charge in [-0.05, 0) is 67.4 Å². The zero-order valence-electron chi connectivity index (χ0n) is 11.3. The number of hydrogen-bond acceptors (Lipinski definition) is 1. The van der Waals surface area contributed by atoms with E-state index in [2.05, 4.69) is 53.3 Å². The van der Waals surface area contributed by atoms with Gasteiger partial charge < -0.3 is 5.32 Å². The number of benzene rings is 1. The van der Waals surface area contributed by atoms with E-state index in [9.17, 15) is 0 Å². The summed E-state index contributed by atoms with van der Waals surface area (Å²) in [6, 6.07) is 6.86. The van der Waals surface area contributed by atoms with Crippen LogP contribution in [-0.2, 0) is 11.8 Å². The maximum Gasteiger partial charge on any atom is 0.0178 e. The molecule has 0 amide bonds. The second-order valence-corrected chi connectivity index (χ2v) is 7.33. The zero-order chi connectivity index (χ0) is 12.8. The lowest BCUT2D eigenvalue weighted by Crippen LogP contribution is -2.24. The minimum Gasteiger partial charge on any atom is -0.316 e. The second-order valence-electron chi connectivity index (χ2n) is 6.41. The molecule has 0 aromatic heterocycles. The van der Waals surface area contributed by atoms with E-state index in [4.69, 9.17) is 0 Å². The first kappa shape index (κ1) is 12.7. The van der Waals surface area contributed by atoms with Gasteiger partial charge in [-0.15, -0.1) is 0 Å². The van der Waals surface area contributed by atoms with Gasteiger partial charge in [0.2, 0.25) is 0 Å². The molecule has 0 bridgehead atoms. The highest BCUT2D eigenvalue weighted by Gasteiger charge is 2.57. The van der Waals surface area contributed by atoms with Crippen LogP contribution >= 0.6 is 15.9 Å². The first-order chi connectivity index (χ1) is 8.62. The molecule has 2 heteroatoms. The van der Waals surface area contributed by atoms with Crippen LogP contribution in [0.3, 0.4) is 0 Å². The number of aryl methyl sites for hydroxylation is 1. The summed E-state index contributed by atoms with van der Waals surface area (Å²) in [5, 5.41) is 3.63. The van der Waals surface area contributed by atoms with Gasteiger partial charge in [-0.3, -0.25) is 0 Å². The Hall–Kier alpha value is -0.340. The zero-order valence-corrected chi connectivity index (χ0v) is 12.9. The van der Waals surface area contributed by atoms with Crippen LogP contribution in [-0.4, -0.2) is 13.1 Å². The van der Waals surface area contributed by atoms with Crippen LogP contribution in [0, 0.1) is 11.8 Å². The van der Waals surface area contributed by atoms with Crippen LogP contribution in [0.5, 0.6) is 0 Å². The smallest absolute Gasteiger partial charge is 0.0178 e. The van der Waals surface area contributed by atoms with Crippen molar-refractivity contribution in [3.8, 4) is 0 Å². The third kappa shape index (κ3) is 2.14. The normalized spacial score (nSPS) is 29.0. The summed E-state index contributed by atoms with van der Waals surface area (Å²) in [5.41, 5.74) is 3.75. The van der Waals surface area contributed by atoms with Gasteiger partial charge in [0.05, 0.1) is 0 Å². The van der Waals surface area contributed by atoms with Crippen molar-refractivity contribution in [3.63, 3.8) is 0 Å². The molecule has 98 valence electrons. The number of halogens is 1.